The molecule has 1 aromatic carbocycles. The predicted molar refractivity (Wildman–Crippen MR) is 82.0 cm³/mol. The minimum absolute atomic E-state index is 0.00282. The third kappa shape index (κ3) is 5.05. The molecule has 0 unspecified atom stereocenters. The molecule has 5 heteroatoms. The Hall–Kier alpha value is -2.06. The second-order valence-electron chi connectivity index (χ2n) is 5.83. The van der Waals surface area contributed by atoms with Gasteiger partial charge in [-0.2, -0.15) is 5.26 Å². The average Bonchev–Trinajstić information content (AvgIpc) is 2.52. The highest BCUT2D eigenvalue weighted by Crippen LogP contribution is 2.30. The summed E-state index contributed by atoms with van der Waals surface area (Å²) in [4.78, 5) is 12.0. The Balaban J connectivity index is 1.82. The van der Waals surface area contributed by atoms with Crippen LogP contribution < -0.4 is 10.1 Å². The van der Waals surface area contributed by atoms with Crippen molar-refractivity contribution in [1.82, 2.24) is 5.32 Å². The van der Waals surface area contributed by atoms with Crippen LogP contribution in [0.25, 0.3) is 0 Å². The van der Waals surface area contributed by atoms with Crippen molar-refractivity contribution in [2.24, 2.45) is 0 Å². The van der Waals surface area contributed by atoms with Crippen LogP contribution in [0, 0.1) is 11.3 Å². The second kappa shape index (κ2) is 7.81. The van der Waals surface area contributed by atoms with E-state index in [1.54, 1.807) is 12.1 Å². The molecule has 1 aliphatic rings. The van der Waals surface area contributed by atoms with E-state index >= 15 is 0 Å². The molecule has 1 saturated carbocycles. The van der Waals surface area contributed by atoms with E-state index in [-0.39, 0.29) is 18.9 Å². The number of carbonyl (C=O) groups is 1. The number of carbonyl (C=O) groups excluding carboxylic acids is 1. The number of hydrogen-bond acceptors (Lipinski definition) is 4. The lowest BCUT2D eigenvalue weighted by Gasteiger charge is -2.31. The van der Waals surface area contributed by atoms with Crippen LogP contribution in [0.4, 0.5) is 0 Å². The molecule has 1 fully saturated rings. The molecule has 0 aliphatic heterocycles. The van der Waals surface area contributed by atoms with E-state index in [9.17, 15) is 9.90 Å². The Labute approximate surface area is 130 Å². The zero-order valence-electron chi connectivity index (χ0n) is 12.7. The Bertz CT molecular complexity index is 545. The van der Waals surface area contributed by atoms with Crippen molar-refractivity contribution in [3.05, 3.63) is 29.8 Å². The fraction of sp³-hybridized carbons (Fsp3) is 0.529. The highest BCUT2D eigenvalue weighted by Gasteiger charge is 2.31. The van der Waals surface area contributed by atoms with Gasteiger partial charge in [0.25, 0.3) is 0 Å². The molecule has 22 heavy (non-hydrogen) atoms. The van der Waals surface area contributed by atoms with E-state index < -0.39 is 5.60 Å². The molecule has 0 heterocycles. The van der Waals surface area contributed by atoms with Gasteiger partial charge in [0.05, 0.1) is 12.0 Å². The van der Waals surface area contributed by atoms with Gasteiger partial charge in [0, 0.05) is 6.54 Å². The summed E-state index contributed by atoms with van der Waals surface area (Å²) in [6.07, 6.45) is 4.69. The number of nitriles is 1. The number of amides is 1. The molecule has 0 atom stereocenters. The van der Waals surface area contributed by atoms with Crippen LogP contribution in [0.5, 0.6) is 5.75 Å². The number of nitrogens with one attached hydrogen (secondary N) is 1. The topological polar surface area (TPSA) is 82.3 Å². The fourth-order valence-corrected chi connectivity index (χ4v) is 2.81. The van der Waals surface area contributed by atoms with E-state index in [0.717, 1.165) is 24.8 Å². The lowest BCUT2D eigenvalue weighted by molar-refractivity contribution is -0.127. The van der Waals surface area contributed by atoms with E-state index in [1.165, 1.54) is 0 Å². The van der Waals surface area contributed by atoms with Crippen LogP contribution in [-0.2, 0) is 11.3 Å². The molecule has 1 aromatic rings. The zero-order chi connectivity index (χ0) is 15.8. The standard InChI is InChI=1S/C17H22N2O3/c18-9-10-22-15-6-4-5-14(11-15)13-19-16(20)12-17(21)7-2-1-3-8-17/h4-6,11,21H,1-3,7-8,10,12-13H2,(H,19,20). The quantitative estimate of drug-likeness (QED) is 0.844. The van der Waals surface area contributed by atoms with Gasteiger partial charge in [0.2, 0.25) is 5.91 Å². The molecule has 5 nitrogen and oxygen atoms in total. The first-order chi connectivity index (χ1) is 10.6. The van der Waals surface area contributed by atoms with Crippen LogP contribution >= 0.6 is 0 Å². The molecular weight excluding hydrogens is 280 g/mol. The molecule has 1 aliphatic carbocycles. The second-order valence-corrected chi connectivity index (χ2v) is 5.83. The number of nitrogens with zero attached hydrogens (tertiary/aromatic N) is 1. The largest absolute Gasteiger partial charge is 0.479 e. The minimum atomic E-state index is -0.833. The van der Waals surface area contributed by atoms with Crippen molar-refractivity contribution in [1.29, 1.82) is 5.26 Å². The van der Waals surface area contributed by atoms with Crippen molar-refractivity contribution in [2.75, 3.05) is 6.61 Å². The number of rotatable bonds is 6. The normalized spacial score (nSPS) is 16.5. The van der Waals surface area contributed by atoms with Gasteiger partial charge in [0.15, 0.2) is 6.61 Å². The SMILES string of the molecule is N#CCOc1cccc(CNC(=O)CC2(O)CCCCC2)c1. The van der Waals surface area contributed by atoms with Gasteiger partial charge in [-0.25, -0.2) is 0 Å². The summed E-state index contributed by atoms with van der Waals surface area (Å²) >= 11 is 0. The zero-order valence-corrected chi connectivity index (χ0v) is 12.7. The van der Waals surface area contributed by atoms with Gasteiger partial charge in [-0.1, -0.05) is 31.4 Å². The molecule has 0 saturated heterocycles. The van der Waals surface area contributed by atoms with Gasteiger partial charge in [0.1, 0.15) is 11.8 Å². The molecular formula is C17H22N2O3. The third-order valence-electron chi connectivity index (χ3n) is 3.97. The molecule has 2 rings (SSSR count). The first-order valence-corrected chi connectivity index (χ1v) is 7.69. The van der Waals surface area contributed by atoms with Crippen molar-refractivity contribution in [3.8, 4) is 11.8 Å². The summed E-state index contributed by atoms with van der Waals surface area (Å²) < 4.78 is 5.23. The summed E-state index contributed by atoms with van der Waals surface area (Å²) in [6.45, 7) is 0.390. The maximum atomic E-state index is 12.0. The minimum Gasteiger partial charge on any atom is -0.479 e. The van der Waals surface area contributed by atoms with E-state index in [0.29, 0.717) is 25.1 Å². The van der Waals surface area contributed by atoms with Gasteiger partial charge in [-0.05, 0) is 30.5 Å². The lowest BCUT2D eigenvalue weighted by atomic mass is 9.82. The number of benzene rings is 1. The van der Waals surface area contributed by atoms with Gasteiger partial charge >= 0.3 is 0 Å². The van der Waals surface area contributed by atoms with Gasteiger partial charge in [-0.15, -0.1) is 0 Å². The number of ether oxygens (including phenoxy) is 1. The first kappa shape index (κ1) is 16.3. The first-order valence-electron chi connectivity index (χ1n) is 7.69. The molecule has 118 valence electrons. The summed E-state index contributed by atoms with van der Waals surface area (Å²) in [5.41, 5.74) is 0.0690. The smallest absolute Gasteiger partial charge is 0.223 e. The van der Waals surface area contributed by atoms with Crippen LogP contribution in [0.3, 0.4) is 0 Å². The average molecular weight is 302 g/mol. The van der Waals surface area contributed by atoms with Crippen LogP contribution in [0.2, 0.25) is 0 Å². The Morgan fingerprint density at radius 2 is 2.14 bits per heavy atom. The summed E-state index contributed by atoms with van der Waals surface area (Å²) in [5, 5.41) is 21.7. The maximum Gasteiger partial charge on any atom is 0.223 e. The number of aliphatic hydroxyl groups is 1. The fourth-order valence-electron chi connectivity index (χ4n) is 2.81. The number of hydrogen-bond donors (Lipinski definition) is 2. The highest BCUT2D eigenvalue weighted by molar-refractivity contribution is 5.77. The molecule has 0 bridgehead atoms. The maximum absolute atomic E-state index is 12.0. The molecule has 0 aromatic heterocycles. The van der Waals surface area contributed by atoms with Crippen molar-refractivity contribution in [2.45, 2.75) is 50.7 Å². The lowest BCUT2D eigenvalue weighted by Crippen LogP contribution is -2.38. The Morgan fingerprint density at radius 1 is 1.36 bits per heavy atom. The highest BCUT2D eigenvalue weighted by atomic mass is 16.5. The third-order valence-corrected chi connectivity index (χ3v) is 3.97. The van der Waals surface area contributed by atoms with E-state index in [2.05, 4.69) is 5.32 Å². The van der Waals surface area contributed by atoms with Crippen molar-refractivity contribution in [3.63, 3.8) is 0 Å². The summed E-state index contributed by atoms with van der Waals surface area (Å²) in [6, 6.07) is 9.19. The van der Waals surface area contributed by atoms with E-state index in [4.69, 9.17) is 10.00 Å². The predicted octanol–water partition coefficient (Wildman–Crippen LogP) is 2.29. The van der Waals surface area contributed by atoms with Crippen molar-refractivity contribution >= 4 is 5.91 Å². The monoisotopic (exact) mass is 302 g/mol. The van der Waals surface area contributed by atoms with Gasteiger partial charge < -0.3 is 15.2 Å². The molecule has 0 radical (unpaired) electrons. The summed E-state index contributed by atoms with van der Waals surface area (Å²) in [7, 11) is 0. The molecule has 1 amide bonds. The van der Waals surface area contributed by atoms with Crippen molar-refractivity contribution < 1.29 is 14.6 Å². The Kier molecular flexibility index (Phi) is 5.79. The van der Waals surface area contributed by atoms with Gasteiger partial charge in [-0.3, -0.25) is 4.79 Å². The summed E-state index contributed by atoms with van der Waals surface area (Å²) in [5.74, 6) is 0.479. The Morgan fingerprint density at radius 3 is 2.86 bits per heavy atom. The van der Waals surface area contributed by atoms with Crippen LogP contribution in [0.15, 0.2) is 24.3 Å². The van der Waals surface area contributed by atoms with Crippen LogP contribution in [0.1, 0.15) is 44.1 Å². The molecule has 0 spiro atoms. The van der Waals surface area contributed by atoms with E-state index in [1.807, 2.05) is 18.2 Å². The molecule has 2 N–H and O–H groups in total. The van der Waals surface area contributed by atoms with Crippen LogP contribution in [-0.4, -0.2) is 23.2 Å².